The van der Waals surface area contributed by atoms with E-state index >= 15 is 0 Å². The van der Waals surface area contributed by atoms with E-state index in [-0.39, 0.29) is 10.6 Å². The lowest BCUT2D eigenvalue weighted by Crippen LogP contribution is -3.07. The Morgan fingerprint density at radius 2 is 1.85 bits per heavy atom. The Labute approximate surface area is 153 Å². The SMILES string of the molecule is C[NH+](CCCNc1ccc(S(C)(=O)=O)cc1[N+](=O)[O-])Cc1ccccc1. The lowest BCUT2D eigenvalue weighted by atomic mass is 10.2. The first-order chi connectivity index (χ1) is 12.3. The van der Waals surface area contributed by atoms with E-state index in [1.165, 1.54) is 22.6 Å². The van der Waals surface area contributed by atoms with Crippen molar-refractivity contribution in [1.82, 2.24) is 0 Å². The molecule has 2 rings (SSSR count). The molecule has 1 atom stereocenters. The summed E-state index contributed by atoms with van der Waals surface area (Å²) in [6.07, 6.45) is 1.87. The number of quaternary nitrogens is 1. The van der Waals surface area contributed by atoms with Gasteiger partial charge in [-0.25, -0.2) is 8.42 Å². The molecule has 0 fully saturated rings. The summed E-state index contributed by atoms with van der Waals surface area (Å²) in [6, 6.07) is 14.2. The number of hydrogen-bond acceptors (Lipinski definition) is 5. The van der Waals surface area contributed by atoms with Crippen molar-refractivity contribution in [3.63, 3.8) is 0 Å². The van der Waals surface area contributed by atoms with Crippen LogP contribution in [-0.4, -0.2) is 39.7 Å². The van der Waals surface area contributed by atoms with Crippen molar-refractivity contribution in [2.45, 2.75) is 17.9 Å². The number of benzene rings is 2. The molecule has 0 saturated heterocycles. The first kappa shape index (κ1) is 19.9. The summed E-state index contributed by atoms with van der Waals surface area (Å²) in [7, 11) is -1.37. The first-order valence-corrected chi connectivity index (χ1v) is 10.2. The Bertz CT molecular complexity index is 854. The molecule has 0 spiro atoms. The average Bonchev–Trinajstić information content (AvgIpc) is 2.58. The van der Waals surface area contributed by atoms with Crippen LogP contribution in [0.15, 0.2) is 53.4 Å². The topological polar surface area (TPSA) is 93.8 Å². The molecule has 0 aliphatic heterocycles. The number of nitrogens with one attached hydrogen (secondary N) is 2. The number of nitrogens with zero attached hydrogens (tertiary/aromatic N) is 1. The molecule has 8 heteroatoms. The predicted molar refractivity (Wildman–Crippen MR) is 101 cm³/mol. The van der Waals surface area contributed by atoms with Gasteiger partial charge >= 0.3 is 0 Å². The molecule has 0 saturated carbocycles. The predicted octanol–water partition coefficient (Wildman–Crippen LogP) is 1.52. The first-order valence-electron chi connectivity index (χ1n) is 8.35. The van der Waals surface area contributed by atoms with E-state index in [0.29, 0.717) is 12.2 Å². The van der Waals surface area contributed by atoms with E-state index in [9.17, 15) is 18.5 Å². The van der Waals surface area contributed by atoms with E-state index in [1.807, 2.05) is 18.2 Å². The lowest BCUT2D eigenvalue weighted by molar-refractivity contribution is -0.893. The van der Waals surface area contributed by atoms with Gasteiger partial charge in [-0.3, -0.25) is 10.1 Å². The Hall–Kier alpha value is -2.45. The summed E-state index contributed by atoms with van der Waals surface area (Å²) in [5.41, 5.74) is 1.38. The maximum atomic E-state index is 11.6. The molecule has 0 aliphatic carbocycles. The van der Waals surface area contributed by atoms with Crippen LogP contribution in [-0.2, 0) is 16.4 Å². The summed E-state index contributed by atoms with van der Waals surface area (Å²) >= 11 is 0. The molecule has 0 aromatic heterocycles. The number of hydrogen-bond donors (Lipinski definition) is 2. The summed E-state index contributed by atoms with van der Waals surface area (Å²) in [6.45, 7) is 2.41. The van der Waals surface area contributed by atoms with Gasteiger partial charge in [-0.05, 0) is 12.1 Å². The van der Waals surface area contributed by atoms with Crippen molar-refractivity contribution in [2.75, 3.05) is 31.7 Å². The van der Waals surface area contributed by atoms with Gasteiger partial charge in [0, 0.05) is 30.9 Å². The second-order valence-electron chi connectivity index (χ2n) is 6.36. The second-order valence-corrected chi connectivity index (χ2v) is 8.37. The fourth-order valence-electron chi connectivity index (χ4n) is 2.69. The Morgan fingerprint density at radius 1 is 1.15 bits per heavy atom. The molecule has 2 N–H and O–H groups in total. The van der Waals surface area contributed by atoms with Crippen LogP contribution in [0, 0.1) is 10.1 Å². The standard InChI is InChI=1S/C18H23N3O4S/c1-20(14-15-7-4-3-5-8-15)12-6-11-19-17-10-9-16(26(2,24)25)13-18(17)21(22)23/h3-5,7-10,13,19H,6,11-12,14H2,1-2H3/p+1. The van der Waals surface area contributed by atoms with Crippen LogP contribution in [0.25, 0.3) is 0 Å². The van der Waals surface area contributed by atoms with Gasteiger partial charge in [0.15, 0.2) is 9.84 Å². The van der Waals surface area contributed by atoms with Crippen LogP contribution in [0.2, 0.25) is 0 Å². The zero-order valence-corrected chi connectivity index (χ0v) is 15.8. The smallest absolute Gasteiger partial charge is 0.293 e. The number of sulfone groups is 1. The van der Waals surface area contributed by atoms with Gasteiger partial charge in [0.05, 0.1) is 23.4 Å². The molecule has 0 aliphatic rings. The molecular weight excluding hydrogens is 354 g/mol. The minimum atomic E-state index is -3.48. The summed E-state index contributed by atoms with van der Waals surface area (Å²) in [4.78, 5) is 11.9. The number of nitro groups is 1. The molecular formula is C18H24N3O4S+. The van der Waals surface area contributed by atoms with Crippen LogP contribution in [0.1, 0.15) is 12.0 Å². The van der Waals surface area contributed by atoms with Gasteiger partial charge in [-0.2, -0.15) is 0 Å². The fourth-order valence-corrected chi connectivity index (χ4v) is 3.33. The van der Waals surface area contributed by atoms with E-state index < -0.39 is 14.8 Å². The Morgan fingerprint density at radius 3 is 2.46 bits per heavy atom. The Kier molecular flexibility index (Phi) is 6.70. The molecule has 2 aromatic carbocycles. The molecule has 0 heterocycles. The van der Waals surface area contributed by atoms with E-state index in [0.717, 1.165) is 31.8 Å². The second kappa shape index (κ2) is 8.77. The summed E-state index contributed by atoms with van der Waals surface area (Å²) in [5, 5.41) is 14.3. The highest BCUT2D eigenvalue weighted by molar-refractivity contribution is 7.90. The third-order valence-electron chi connectivity index (χ3n) is 4.04. The molecule has 140 valence electrons. The largest absolute Gasteiger partial charge is 0.379 e. The van der Waals surface area contributed by atoms with Gasteiger partial charge < -0.3 is 10.2 Å². The number of rotatable bonds is 9. The van der Waals surface area contributed by atoms with Crippen LogP contribution in [0.4, 0.5) is 11.4 Å². The van der Waals surface area contributed by atoms with Crippen molar-refractivity contribution >= 4 is 21.2 Å². The number of anilines is 1. The molecule has 26 heavy (non-hydrogen) atoms. The molecule has 0 amide bonds. The van der Waals surface area contributed by atoms with Crippen molar-refractivity contribution < 1.29 is 18.2 Å². The maximum Gasteiger partial charge on any atom is 0.293 e. The quantitative estimate of drug-likeness (QED) is 0.392. The van der Waals surface area contributed by atoms with Gasteiger partial charge in [0.1, 0.15) is 12.2 Å². The minimum absolute atomic E-state index is 0.0539. The van der Waals surface area contributed by atoms with Gasteiger partial charge in [0.25, 0.3) is 5.69 Å². The Balaban J connectivity index is 1.90. The van der Waals surface area contributed by atoms with Crippen LogP contribution >= 0.6 is 0 Å². The molecule has 7 nitrogen and oxygen atoms in total. The maximum absolute atomic E-state index is 11.6. The van der Waals surface area contributed by atoms with Crippen LogP contribution in [0.3, 0.4) is 0 Å². The average molecular weight is 378 g/mol. The fraction of sp³-hybridized carbons (Fsp3) is 0.333. The summed E-state index contributed by atoms with van der Waals surface area (Å²) in [5.74, 6) is 0. The highest BCUT2D eigenvalue weighted by Crippen LogP contribution is 2.27. The minimum Gasteiger partial charge on any atom is -0.379 e. The van der Waals surface area contributed by atoms with Gasteiger partial charge in [0.2, 0.25) is 0 Å². The normalized spacial score (nSPS) is 12.5. The van der Waals surface area contributed by atoms with Crippen LogP contribution < -0.4 is 10.2 Å². The molecule has 1 unspecified atom stereocenters. The number of nitro benzene ring substituents is 1. The highest BCUT2D eigenvalue weighted by Gasteiger charge is 2.18. The van der Waals surface area contributed by atoms with Gasteiger partial charge in [-0.1, -0.05) is 30.3 Å². The zero-order valence-electron chi connectivity index (χ0n) is 14.9. The van der Waals surface area contributed by atoms with E-state index in [1.54, 1.807) is 0 Å². The molecule has 0 bridgehead atoms. The van der Waals surface area contributed by atoms with Crippen LogP contribution in [0.5, 0.6) is 0 Å². The van der Waals surface area contributed by atoms with Crippen molar-refractivity contribution in [2.24, 2.45) is 0 Å². The lowest BCUT2D eigenvalue weighted by Gasteiger charge is -2.14. The molecule has 2 aromatic rings. The van der Waals surface area contributed by atoms with E-state index in [2.05, 4.69) is 24.5 Å². The van der Waals surface area contributed by atoms with E-state index in [4.69, 9.17) is 0 Å². The third-order valence-corrected chi connectivity index (χ3v) is 5.15. The highest BCUT2D eigenvalue weighted by atomic mass is 32.2. The van der Waals surface area contributed by atoms with Crippen molar-refractivity contribution in [3.05, 3.63) is 64.2 Å². The monoisotopic (exact) mass is 378 g/mol. The zero-order chi connectivity index (χ0) is 19.2. The third kappa shape index (κ3) is 5.82. The summed E-state index contributed by atoms with van der Waals surface area (Å²) < 4.78 is 23.1. The van der Waals surface area contributed by atoms with Crippen molar-refractivity contribution in [3.8, 4) is 0 Å². The molecule has 0 radical (unpaired) electrons. The van der Waals surface area contributed by atoms with Crippen molar-refractivity contribution in [1.29, 1.82) is 0 Å². The van der Waals surface area contributed by atoms with Gasteiger partial charge in [-0.15, -0.1) is 0 Å².